The van der Waals surface area contributed by atoms with Crippen LogP contribution in [0.3, 0.4) is 0 Å². The van der Waals surface area contributed by atoms with E-state index in [0.717, 1.165) is 0 Å². The Balaban J connectivity index is 1.78. The Morgan fingerprint density at radius 3 is 2.55 bits per heavy atom. The molecule has 0 unspecified atom stereocenters. The summed E-state index contributed by atoms with van der Waals surface area (Å²) in [5, 5.41) is 2.68. The van der Waals surface area contributed by atoms with E-state index in [4.69, 9.17) is 13.9 Å². The second-order valence-corrected chi connectivity index (χ2v) is 7.72. The molecule has 0 fully saturated rings. The molecule has 29 heavy (non-hydrogen) atoms. The molecule has 0 saturated carbocycles. The number of furan rings is 1. The summed E-state index contributed by atoms with van der Waals surface area (Å²) in [5.41, 5.74) is 0.580. The first-order valence-electron chi connectivity index (χ1n) is 8.58. The molecule has 9 heteroatoms. The van der Waals surface area contributed by atoms with Crippen molar-refractivity contribution in [3.8, 4) is 11.5 Å². The standard InChI is InChI=1S/C20H20N2O6S/c1-26-15-8-9-19(27-2)18(12-15)20(23)22-14-5-3-7-17(11-14)29(24,25)21-13-16-6-4-10-28-16/h3-12,21H,13H2,1-2H3,(H,22,23). The predicted octanol–water partition coefficient (Wildman–Crippen LogP) is 3.03. The van der Waals surface area contributed by atoms with E-state index in [1.54, 1.807) is 42.5 Å². The summed E-state index contributed by atoms with van der Waals surface area (Å²) in [7, 11) is -0.840. The van der Waals surface area contributed by atoms with Gasteiger partial charge in [-0.3, -0.25) is 4.79 Å². The van der Waals surface area contributed by atoms with Gasteiger partial charge in [-0.05, 0) is 48.5 Å². The summed E-state index contributed by atoms with van der Waals surface area (Å²) in [6, 6.07) is 14.1. The van der Waals surface area contributed by atoms with Crippen LogP contribution in [0.15, 0.2) is 70.2 Å². The maximum atomic E-state index is 12.7. The number of carbonyl (C=O) groups is 1. The number of amides is 1. The van der Waals surface area contributed by atoms with E-state index in [2.05, 4.69) is 10.0 Å². The lowest BCUT2D eigenvalue weighted by atomic mass is 10.1. The number of nitrogens with one attached hydrogen (secondary N) is 2. The summed E-state index contributed by atoms with van der Waals surface area (Å²) in [6.07, 6.45) is 1.46. The Morgan fingerprint density at radius 1 is 1.03 bits per heavy atom. The Labute approximate surface area is 168 Å². The van der Waals surface area contributed by atoms with Crippen molar-refractivity contribution < 1.29 is 27.1 Å². The van der Waals surface area contributed by atoms with Gasteiger partial charge in [0, 0.05) is 5.69 Å². The van der Waals surface area contributed by atoms with E-state index < -0.39 is 15.9 Å². The second kappa shape index (κ2) is 8.80. The number of anilines is 1. The maximum absolute atomic E-state index is 12.7. The Kier molecular flexibility index (Phi) is 6.20. The van der Waals surface area contributed by atoms with Gasteiger partial charge >= 0.3 is 0 Å². The van der Waals surface area contributed by atoms with Crippen LogP contribution < -0.4 is 19.5 Å². The molecule has 2 aromatic carbocycles. The van der Waals surface area contributed by atoms with Gasteiger partial charge in [0.25, 0.3) is 5.91 Å². The average Bonchev–Trinajstić information content (AvgIpc) is 3.26. The number of sulfonamides is 1. The van der Waals surface area contributed by atoms with Gasteiger partial charge < -0.3 is 19.2 Å². The molecular formula is C20H20N2O6S. The molecule has 152 valence electrons. The molecule has 2 N–H and O–H groups in total. The number of ether oxygens (including phenoxy) is 2. The molecule has 0 aliphatic carbocycles. The fourth-order valence-electron chi connectivity index (χ4n) is 2.59. The first kappa shape index (κ1) is 20.4. The van der Waals surface area contributed by atoms with Crippen molar-refractivity contribution in [1.29, 1.82) is 0 Å². The number of rotatable bonds is 8. The predicted molar refractivity (Wildman–Crippen MR) is 107 cm³/mol. The first-order chi connectivity index (χ1) is 13.9. The normalized spacial score (nSPS) is 11.1. The van der Waals surface area contributed by atoms with Crippen LogP contribution in [-0.2, 0) is 16.6 Å². The number of benzene rings is 2. The largest absolute Gasteiger partial charge is 0.497 e. The lowest BCUT2D eigenvalue weighted by molar-refractivity contribution is 0.102. The van der Waals surface area contributed by atoms with Gasteiger partial charge in [0.2, 0.25) is 10.0 Å². The molecule has 3 rings (SSSR count). The third kappa shape index (κ3) is 4.95. The highest BCUT2D eigenvalue weighted by atomic mass is 32.2. The first-order valence-corrected chi connectivity index (χ1v) is 10.1. The third-order valence-electron chi connectivity index (χ3n) is 4.07. The van der Waals surface area contributed by atoms with Crippen molar-refractivity contribution in [2.75, 3.05) is 19.5 Å². The fraction of sp³-hybridized carbons (Fsp3) is 0.150. The van der Waals surface area contributed by atoms with Gasteiger partial charge in [-0.2, -0.15) is 0 Å². The Bertz CT molecular complexity index is 1090. The van der Waals surface area contributed by atoms with Crippen LogP contribution in [0, 0.1) is 0 Å². The lowest BCUT2D eigenvalue weighted by Crippen LogP contribution is -2.23. The smallest absolute Gasteiger partial charge is 0.259 e. The molecule has 1 aromatic heterocycles. The van der Waals surface area contributed by atoms with Crippen LogP contribution in [0.1, 0.15) is 16.1 Å². The average molecular weight is 416 g/mol. The minimum absolute atomic E-state index is 0.0134. The molecular weight excluding hydrogens is 396 g/mol. The van der Waals surface area contributed by atoms with Crippen LogP contribution in [0.5, 0.6) is 11.5 Å². The molecule has 0 bridgehead atoms. The topological polar surface area (TPSA) is 107 Å². The molecule has 1 heterocycles. The minimum Gasteiger partial charge on any atom is -0.497 e. The highest BCUT2D eigenvalue weighted by Gasteiger charge is 2.17. The van der Waals surface area contributed by atoms with Crippen molar-refractivity contribution in [3.05, 3.63) is 72.2 Å². The highest BCUT2D eigenvalue weighted by molar-refractivity contribution is 7.89. The van der Waals surface area contributed by atoms with Crippen LogP contribution in [0.4, 0.5) is 5.69 Å². The van der Waals surface area contributed by atoms with Crippen LogP contribution >= 0.6 is 0 Å². The van der Waals surface area contributed by atoms with Gasteiger partial charge in [0.15, 0.2) is 0 Å². The van der Waals surface area contributed by atoms with Crippen molar-refractivity contribution in [3.63, 3.8) is 0 Å². The quantitative estimate of drug-likeness (QED) is 0.585. The minimum atomic E-state index is -3.79. The van der Waals surface area contributed by atoms with Crippen LogP contribution in [-0.4, -0.2) is 28.5 Å². The zero-order chi connectivity index (χ0) is 20.9. The summed E-state index contributed by atoms with van der Waals surface area (Å²) in [5.74, 6) is 0.892. The van der Waals surface area contributed by atoms with Gasteiger partial charge in [-0.15, -0.1) is 0 Å². The van der Waals surface area contributed by atoms with Crippen molar-refractivity contribution in [2.24, 2.45) is 0 Å². The molecule has 0 atom stereocenters. The third-order valence-corrected chi connectivity index (χ3v) is 5.47. The molecule has 1 amide bonds. The van der Waals surface area contributed by atoms with Crippen LogP contribution in [0.25, 0.3) is 0 Å². The maximum Gasteiger partial charge on any atom is 0.259 e. The summed E-state index contributed by atoms with van der Waals surface area (Å²) in [4.78, 5) is 12.7. The van der Waals surface area contributed by atoms with E-state index in [-0.39, 0.29) is 17.0 Å². The van der Waals surface area contributed by atoms with Gasteiger partial charge in [-0.1, -0.05) is 6.07 Å². The zero-order valence-electron chi connectivity index (χ0n) is 15.8. The fourth-order valence-corrected chi connectivity index (χ4v) is 3.63. The van der Waals surface area contributed by atoms with E-state index in [9.17, 15) is 13.2 Å². The Hall–Kier alpha value is -3.30. The van der Waals surface area contributed by atoms with Gasteiger partial charge in [0.1, 0.15) is 17.3 Å². The van der Waals surface area contributed by atoms with Crippen LogP contribution in [0.2, 0.25) is 0 Å². The SMILES string of the molecule is COc1ccc(OC)c(C(=O)Nc2cccc(S(=O)(=O)NCc3ccco3)c2)c1. The van der Waals surface area contributed by atoms with E-state index in [0.29, 0.717) is 22.9 Å². The van der Waals surface area contributed by atoms with Crippen molar-refractivity contribution in [2.45, 2.75) is 11.4 Å². The summed E-state index contributed by atoms with van der Waals surface area (Å²) < 4.78 is 43.0. The van der Waals surface area contributed by atoms with Crippen molar-refractivity contribution >= 4 is 21.6 Å². The monoisotopic (exact) mass is 416 g/mol. The summed E-state index contributed by atoms with van der Waals surface area (Å²) in [6.45, 7) is 0.0208. The lowest BCUT2D eigenvalue weighted by Gasteiger charge is -2.12. The Morgan fingerprint density at radius 2 is 1.86 bits per heavy atom. The molecule has 8 nitrogen and oxygen atoms in total. The molecule has 0 aliphatic heterocycles. The zero-order valence-corrected chi connectivity index (χ0v) is 16.7. The van der Waals surface area contributed by atoms with Gasteiger partial charge in [-0.25, -0.2) is 13.1 Å². The number of carbonyl (C=O) groups excluding carboxylic acids is 1. The van der Waals surface area contributed by atoms with E-state index >= 15 is 0 Å². The highest BCUT2D eigenvalue weighted by Crippen LogP contribution is 2.25. The molecule has 3 aromatic rings. The molecule has 0 saturated heterocycles. The van der Waals surface area contributed by atoms with Crippen molar-refractivity contribution in [1.82, 2.24) is 4.72 Å². The van der Waals surface area contributed by atoms with E-state index in [1.807, 2.05) is 0 Å². The van der Waals surface area contributed by atoms with E-state index in [1.165, 1.54) is 32.6 Å². The molecule has 0 radical (unpaired) electrons. The second-order valence-electron chi connectivity index (χ2n) is 5.95. The number of hydrogen-bond donors (Lipinski definition) is 2. The number of hydrogen-bond acceptors (Lipinski definition) is 6. The molecule has 0 spiro atoms. The summed E-state index contributed by atoms with van der Waals surface area (Å²) >= 11 is 0. The van der Waals surface area contributed by atoms with Gasteiger partial charge in [0.05, 0.1) is 37.5 Å². The number of methoxy groups -OCH3 is 2. The molecule has 0 aliphatic rings.